The number of pyridine rings is 1. The quantitative estimate of drug-likeness (QED) is 0.317. The number of benzene rings is 3. The van der Waals surface area contributed by atoms with Crippen molar-refractivity contribution in [3.05, 3.63) is 96.3 Å². The fourth-order valence-electron chi connectivity index (χ4n) is 4.60. The number of carbonyl (C=O) groups excluding carboxylic acids is 3. The fourth-order valence-corrected chi connectivity index (χ4v) is 5.76. The molecule has 8 heteroatoms. The number of hydrogen-bond donors (Lipinski definition) is 2. The molecule has 0 radical (unpaired) electrons. The van der Waals surface area contributed by atoms with Crippen LogP contribution in [0.3, 0.4) is 0 Å². The SMILES string of the molecule is CC[C@@H](C)C(=O)N[C@H]1CSc2c(NC(=O)c3ccncc3)cccc2N(Cc2cccc3ccccc23)C1=O. The van der Waals surface area contributed by atoms with Gasteiger partial charge in [0.1, 0.15) is 6.04 Å². The van der Waals surface area contributed by atoms with Gasteiger partial charge in [-0.15, -0.1) is 11.8 Å². The van der Waals surface area contributed by atoms with E-state index in [9.17, 15) is 14.4 Å². The summed E-state index contributed by atoms with van der Waals surface area (Å²) < 4.78 is 0. The molecule has 4 aromatic rings. The van der Waals surface area contributed by atoms with Gasteiger partial charge in [0, 0.05) is 29.6 Å². The van der Waals surface area contributed by atoms with Gasteiger partial charge in [0.05, 0.1) is 22.8 Å². The van der Waals surface area contributed by atoms with Gasteiger partial charge < -0.3 is 15.5 Å². The van der Waals surface area contributed by atoms with Crippen molar-refractivity contribution in [3.63, 3.8) is 0 Å². The summed E-state index contributed by atoms with van der Waals surface area (Å²) in [4.78, 5) is 46.4. The smallest absolute Gasteiger partial charge is 0.255 e. The van der Waals surface area contributed by atoms with Crippen molar-refractivity contribution >= 4 is 51.6 Å². The zero-order valence-corrected chi connectivity index (χ0v) is 22.7. The van der Waals surface area contributed by atoms with E-state index < -0.39 is 6.04 Å². The summed E-state index contributed by atoms with van der Waals surface area (Å²) in [5, 5.41) is 8.15. The lowest BCUT2D eigenvalue weighted by Gasteiger charge is -2.27. The lowest BCUT2D eigenvalue weighted by molar-refractivity contribution is -0.129. The van der Waals surface area contributed by atoms with Crippen molar-refractivity contribution in [1.29, 1.82) is 0 Å². The van der Waals surface area contributed by atoms with Crippen LogP contribution in [0.25, 0.3) is 10.8 Å². The van der Waals surface area contributed by atoms with Gasteiger partial charge in [-0.2, -0.15) is 0 Å². The predicted octanol–water partition coefficient (Wildman–Crippen LogP) is 5.66. The average molecular weight is 539 g/mol. The molecule has 0 spiro atoms. The summed E-state index contributed by atoms with van der Waals surface area (Å²) in [6.45, 7) is 4.14. The van der Waals surface area contributed by atoms with E-state index >= 15 is 0 Å². The molecule has 0 fully saturated rings. The van der Waals surface area contributed by atoms with Gasteiger partial charge in [0.15, 0.2) is 0 Å². The highest BCUT2D eigenvalue weighted by atomic mass is 32.2. The van der Waals surface area contributed by atoms with Crippen molar-refractivity contribution in [2.24, 2.45) is 5.92 Å². The zero-order chi connectivity index (χ0) is 27.4. The van der Waals surface area contributed by atoms with E-state index in [0.717, 1.165) is 21.2 Å². The number of nitrogens with one attached hydrogen (secondary N) is 2. The Balaban J connectivity index is 1.54. The predicted molar refractivity (Wildman–Crippen MR) is 156 cm³/mol. The summed E-state index contributed by atoms with van der Waals surface area (Å²) in [5.74, 6) is -0.427. The second-order valence-electron chi connectivity index (χ2n) is 9.59. The van der Waals surface area contributed by atoms with Crippen LogP contribution in [-0.4, -0.2) is 34.5 Å². The minimum absolute atomic E-state index is 0.140. The van der Waals surface area contributed by atoms with Gasteiger partial charge in [-0.25, -0.2) is 0 Å². The normalized spacial score (nSPS) is 15.8. The Kier molecular flexibility index (Phi) is 7.93. The first-order valence-electron chi connectivity index (χ1n) is 13.0. The molecular weight excluding hydrogens is 508 g/mol. The van der Waals surface area contributed by atoms with Crippen molar-refractivity contribution < 1.29 is 14.4 Å². The Morgan fingerprint density at radius 2 is 1.77 bits per heavy atom. The molecule has 198 valence electrons. The van der Waals surface area contributed by atoms with Gasteiger partial charge in [0.25, 0.3) is 11.8 Å². The van der Waals surface area contributed by atoms with Crippen LogP contribution in [0.15, 0.2) is 90.1 Å². The first-order chi connectivity index (χ1) is 19.0. The van der Waals surface area contributed by atoms with Crippen molar-refractivity contribution in [2.75, 3.05) is 16.0 Å². The molecular formula is C31H30N4O3S. The van der Waals surface area contributed by atoms with E-state index in [2.05, 4.69) is 33.8 Å². The molecule has 5 rings (SSSR count). The summed E-state index contributed by atoms with van der Waals surface area (Å²) >= 11 is 1.46. The molecule has 3 amide bonds. The van der Waals surface area contributed by atoms with Crippen molar-refractivity contribution in [1.82, 2.24) is 10.3 Å². The third kappa shape index (κ3) is 5.66. The van der Waals surface area contributed by atoms with Crippen molar-refractivity contribution in [3.8, 4) is 0 Å². The topological polar surface area (TPSA) is 91.4 Å². The van der Waals surface area contributed by atoms with Crippen LogP contribution >= 0.6 is 11.8 Å². The Labute approximate surface area is 232 Å². The first kappa shape index (κ1) is 26.4. The van der Waals surface area contributed by atoms with Crippen LogP contribution in [0.2, 0.25) is 0 Å². The summed E-state index contributed by atoms with van der Waals surface area (Å²) in [7, 11) is 0. The number of aromatic nitrogens is 1. The molecule has 0 saturated carbocycles. The fraction of sp³-hybridized carbons (Fsp3) is 0.226. The number of carbonyl (C=O) groups is 3. The van der Waals surface area contributed by atoms with Crippen LogP contribution < -0.4 is 15.5 Å². The van der Waals surface area contributed by atoms with E-state index in [1.165, 1.54) is 11.8 Å². The summed E-state index contributed by atoms with van der Waals surface area (Å²) in [5.41, 5.74) is 2.80. The lowest BCUT2D eigenvalue weighted by atomic mass is 10.0. The molecule has 1 aliphatic rings. The van der Waals surface area contributed by atoms with E-state index in [4.69, 9.17) is 0 Å². The number of fused-ring (bicyclic) bond motifs is 2. The zero-order valence-electron chi connectivity index (χ0n) is 21.9. The maximum Gasteiger partial charge on any atom is 0.255 e. The largest absolute Gasteiger partial charge is 0.343 e. The second kappa shape index (κ2) is 11.7. The van der Waals surface area contributed by atoms with E-state index in [0.29, 0.717) is 35.7 Å². The molecule has 2 N–H and O–H groups in total. The minimum Gasteiger partial charge on any atom is -0.343 e. The summed E-state index contributed by atoms with van der Waals surface area (Å²) in [6, 6.07) is 22.3. The number of rotatable bonds is 7. The molecule has 7 nitrogen and oxygen atoms in total. The lowest BCUT2D eigenvalue weighted by Crippen LogP contribution is -2.50. The number of anilines is 2. The first-order valence-corrected chi connectivity index (χ1v) is 14.0. The summed E-state index contributed by atoms with van der Waals surface area (Å²) in [6.07, 6.45) is 3.83. The Bertz CT molecular complexity index is 1520. The molecule has 1 aromatic heterocycles. The van der Waals surface area contributed by atoms with Gasteiger partial charge >= 0.3 is 0 Å². The highest BCUT2D eigenvalue weighted by Gasteiger charge is 2.34. The third-order valence-corrected chi connectivity index (χ3v) is 8.24. The molecule has 0 aliphatic carbocycles. The number of thioether (sulfide) groups is 1. The highest BCUT2D eigenvalue weighted by molar-refractivity contribution is 7.99. The van der Waals surface area contributed by atoms with E-state index in [1.807, 2.05) is 56.3 Å². The maximum atomic E-state index is 14.1. The third-order valence-electron chi connectivity index (χ3n) is 7.02. The highest BCUT2D eigenvalue weighted by Crippen LogP contribution is 2.41. The minimum atomic E-state index is -0.706. The van der Waals surface area contributed by atoms with E-state index in [-0.39, 0.29) is 23.6 Å². The van der Waals surface area contributed by atoms with Gasteiger partial charge in [-0.1, -0.05) is 62.4 Å². The van der Waals surface area contributed by atoms with Crippen LogP contribution in [-0.2, 0) is 16.1 Å². The van der Waals surface area contributed by atoms with Crippen LogP contribution in [0, 0.1) is 5.92 Å². The molecule has 0 unspecified atom stereocenters. The number of amides is 3. The standard InChI is InChI=1S/C31H30N4O3S/c1-3-20(2)29(36)34-26-19-39-28-25(33-30(37)22-14-16-32-17-15-22)12-7-13-27(28)35(31(26)38)18-23-10-6-9-21-8-4-5-11-24(21)23/h4-17,20,26H,3,18-19H2,1-2H3,(H,33,37)(H,34,36)/t20-,26+/m1/s1. The molecule has 1 aliphatic heterocycles. The molecule has 39 heavy (non-hydrogen) atoms. The monoisotopic (exact) mass is 538 g/mol. The Morgan fingerprint density at radius 1 is 1.03 bits per heavy atom. The Morgan fingerprint density at radius 3 is 2.56 bits per heavy atom. The molecule has 2 heterocycles. The Hall–Kier alpha value is -4.17. The van der Waals surface area contributed by atoms with Gasteiger partial charge in [-0.05, 0) is 47.0 Å². The van der Waals surface area contributed by atoms with E-state index in [1.54, 1.807) is 29.4 Å². The number of hydrogen-bond acceptors (Lipinski definition) is 5. The number of nitrogens with zero attached hydrogens (tertiary/aromatic N) is 2. The average Bonchev–Trinajstić information content (AvgIpc) is 3.10. The van der Waals surface area contributed by atoms with Gasteiger partial charge in [-0.3, -0.25) is 19.4 Å². The van der Waals surface area contributed by atoms with Crippen LogP contribution in [0.4, 0.5) is 11.4 Å². The van der Waals surface area contributed by atoms with Gasteiger partial charge in [0.2, 0.25) is 5.91 Å². The molecule has 3 aromatic carbocycles. The van der Waals surface area contributed by atoms with Crippen molar-refractivity contribution in [2.45, 2.75) is 37.8 Å². The van der Waals surface area contributed by atoms with Crippen LogP contribution in [0.5, 0.6) is 0 Å². The second-order valence-corrected chi connectivity index (χ2v) is 10.6. The van der Waals surface area contributed by atoms with Crippen LogP contribution in [0.1, 0.15) is 36.2 Å². The maximum absolute atomic E-state index is 14.1. The molecule has 0 saturated heterocycles. The molecule has 2 atom stereocenters. The molecule has 0 bridgehead atoms.